The van der Waals surface area contributed by atoms with Gasteiger partial charge in [0, 0.05) is 6.54 Å². The summed E-state index contributed by atoms with van der Waals surface area (Å²) in [5, 5.41) is 3.30. The highest BCUT2D eigenvalue weighted by Crippen LogP contribution is 2.29. The van der Waals surface area contributed by atoms with Crippen LogP contribution in [0.25, 0.3) is 0 Å². The molecule has 2 aromatic rings. The molecule has 5 heteroatoms. The first-order valence-electron chi connectivity index (χ1n) is 7.14. The van der Waals surface area contributed by atoms with Gasteiger partial charge in [0.25, 0.3) is 0 Å². The van der Waals surface area contributed by atoms with Gasteiger partial charge in [-0.1, -0.05) is 18.2 Å². The van der Waals surface area contributed by atoms with E-state index in [0.717, 1.165) is 37.4 Å². The summed E-state index contributed by atoms with van der Waals surface area (Å²) < 4.78 is 43.2. The van der Waals surface area contributed by atoms with Gasteiger partial charge in [-0.05, 0) is 53.9 Å². The highest BCUT2D eigenvalue weighted by molar-refractivity contribution is 5.37. The highest BCUT2D eigenvalue weighted by atomic mass is 19.4. The molecule has 0 aliphatic carbocycles. The molecule has 0 unspecified atom stereocenters. The van der Waals surface area contributed by atoms with Gasteiger partial charge in [-0.2, -0.15) is 13.2 Å². The minimum absolute atomic E-state index is 0.259. The monoisotopic (exact) mass is 307 g/mol. The molecule has 0 amide bonds. The maximum absolute atomic E-state index is 12.5. The Morgan fingerprint density at radius 1 is 1.00 bits per heavy atom. The fourth-order valence-corrected chi connectivity index (χ4v) is 2.50. The van der Waals surface area contributed by atoms with E-state index in [0.29, 0.717) is 5.56 Å². The second-order valence-electron chi connectivity index (χ2n) is 5.34. The first kappa shape index (κ1) is 14.9. The molecule has 1 N–H and O–H groups in total. The van der Waals surface area contributed by atoms with E-state index in [4.69, 9.17) is 4.74 Å². The van der Waals surface area contributed by atoms with E-state index in [9.17, 15) is 13.2 Å². The smallest absolute Gasteiger partial charge is 0.416 e. The molecule has 22 heavy (non-hydrogen) atoms. The Kier molecular flexibility index (Phi) is 4.07. The van der Waals surface area contributed by atoms with Gasteiger partial charge in [0.2, 0.25) is 0 Å². The van der Waals surface area contributed by atoms with Crippen molar-refractivity contribution in [3.05, 3.63) is 64.7 Å². The average Bonchev–Trinajstić information content (AvgIpc) is 2.52. The van der Waals surface area contributed by atoms with Gasteiger partial charge in [-0.25, -0.2) is 0 Å². The third-order valence-electron chi connectivity index (χ3n) is 3.75. The van der Waals surface area contributed by atoms with E-state index >= 15 is 0 Å². The molecule has 0 aromatic heterocycles. The van der Waals surface area contributed by atoms with Gasteiger partial charge in [0.15, 0.2) is 0 Å². The molecule has 1 heterocycles. The third-order valence-corrected chi connectivity index (χ3v) is 3.75. The maximum Gasteiger partial charge on any atom is 0.416 e. The summed E-state index contributed by atoms with van der Waals surface area (Å²) in [4.78, 5) is 0. The molecule has 116 valence electrons. The Balaban J connectivity index is 1.65. The average molecular weight is 307 g/mol. The summed E-state index contributed by atoms with van der Waals surface area (Å²) >= 11 is 0. The lowest BCUT2D eigenvalue weighted by molar-refractivity contribution is -0.137. The minimum Gasteiger partial charge on any atom is -0.489 e. The maximum atomic E-state index is 12.5. The van der Waals surface area contributed by atoms with Crippen molar-refractivity contribution in [1.29, 1.82) is 0 Å². The van der Waals surface area contributed by atoms with Gasteiger partial charge in [-0.15, -0.1) is 0 Å². The number of fused-ring (bicyclic) bond motifs is 1. The highest BCUT2D eigenvalue weighted by Gasteiger charge is 2.29. The van der Waals surface area contributed by atoms with Gasteiger partial charge >= 0.3 is 6.18 Å². The first-order chi connectivity index (χ1) is 10.5. The number of rotatable bonds is 3. The standard InChI is InChI=1S/C17H16F3NO/c18-17(19,20)15-4-1-12(2-5-15)11-22-16-6-3-14-10-21-8-7-13(14)9-16/h1-6,9,21H,7-8,10-11H2. The number of hydrogen-bond acceptors (Lipinski definition) is 2. The lowest BCUT2D eigenvalue weighted by Gasteiger charge is -2.18. The zero-order chi connectivity index (χ0) is 15.6. The third kappa shape index (κ3) is 3.42. The lowest BCUT2D eigenvalue weighted by atomic mass is 10.0. The summed E-state index contributed by atoms with van der Waals surface area (Å²) in [6.07, 6.45) is -3.33. The Labute approximate surface area is 126 Å². The topological polar surface area (TPSA) is 21.3 Å². The Hall–Kier alpha value is -2.01. The van der Waals surface area contributed by atoms with Crippen LogP contribution in [0.2, 0.25) is 0 Å². The second kappa shape index (κ2) is 6.01. The van der Waals surface area contributed by atoms with E-state index in [-0.39, 0.29) is 6.61 Å². The van der Waals surface area contributed by atoms with Crippen molar-refractivity contribution in [3.8, 4) is 5.75 Å². The number of halogens is 3. The molecule has 0 spiro atoms. The molecule has 0 bridgehead atoms. The van der Waals surface area contributed by atoms with Crippen LogP contribution in [-0.2, 0) is 25.7 Å². The van der Waals surface area contributed by atoms with Crippen molar-refractivity contribution in [2.45, 2.75) is 25.7 Å². The van der Waals surface area contributed by atoms with Crippen LogP contribution in [-0.4, -0.2) is 6.54 Å². The second-order valence-corrected chi connectivity index (χ2v) is 5.34. The van der Waals surface area contributed by atoms with Crippen molar-refractivity contribution in [2.24, 2.45) is 0 Å². The molecule has 1 aliphatic heterocycles. The van der Waals surface area contributed by atoms with Crippen LogP contribution in [0.1, 0.15) is 22.3 Å². The molecule has 0 atom stereocenters. The summed E-state index contributed by atoms with van der Waals surface area (Å²) in [6, 6.07) is 11.0. The lowest BCUT2D eigenvalue weighted by Crippen LogP contribution is -2.23. The zero-order valence-corrected chi connectivity index (χ0v) is 11.9. The van der Waals surface area contributed by atoms with Crippen LogP contribution in [0.3, 0.4) is 0 Å². The molecule has 0 fully saturated rings. The zero-order valence-electron chi connectivity index (χ0n) is 11.9. The molecule has 2 aromatic carbocycles. The predicted molar refractivity (Wildman–Crippen MR) is 77.6 cm³/mol. The van der Waals surface area contributed by atoms with Crippen molar-refractivity contribution < 1.29 is 17.9 Å². The Morgan fingerprint density at radius 2 is 1.77 bits per heavy atom. The van der Waals surface area contributed by atoms with Gasteiger partial charge < -0.3 is 10.1 Å². The van der Waals surface area contributed by atoms with E-state index in [1.165, 1.54) is 23.3 Å². The van der Waals surface area contributed by atoms with Crippen molar-refractivity contribution in [2.75, 3.05) is 6.54 Å². The van der Waals surface area contributed by atoms with E-state index < -0.39 is 11.7 Å². The summed E-state index contributed by atoms with van der Waals surface area (Å²) in [5.74, 6) is 0.751. The number of ether oxygens (including phenoxy) is 1. The van der Waals surface area contributed by atoms with Gasteiger partial charge in [0.05, 0.1) is 5.56 Å². The SMILES string of the molecule is FC(F)(F)c1ccc(COc2ccc3c(c2)CCNC3)cc1. The fourth-order valence-electron chi connectivity index (χ4n) is 2.50. The molecule has 0 saturated heterocycles. The molecular formula is C17H16F3NO. The van der Waals surface area contributed by atoms with E-state index in [1.807, 2.05) is 18.2 Å². The first-order valence-corrected chi connectivity index (χ1v) is 7.14. The minimum atomic E-state index is -4.30. The number of nitrogens with one attached hydrogen (secondary N) is 1. The number of alkyl halides is 3. The van der Waals surface area contributed by atoms with Crippen LogP contribution >= 0.6 is 0 Å². The largest absolute Gasteiger partial charge is 0.489 e. The van der Waals surface area contributed by atoms with Gasteiger partial charge in [-0.3, -0.25) is 0 Å². The van der Waals surface area contributed by atoms with Crippen molar-refractivity contribution >= 4 is 0 Å². The molecule has 3 rings (SSSR count). The molecule has 2 nitrogen and oxygen atoms in total. The van der Waals surface area contributed by atoms with Crippen LogP contribution in [0.4, 0.5) is 13.2 Å². The molecule has 0 saturated carbocycles. The molecular weight excluding hydrogens is 291 g/mol. The van der Waals surface area contributed by atoms with E-state index in [2.05, 4.69) is 5.32 Å². The Bertz CT molecular complexity index is 650. The van der Waals surface area contributed by atoms with Crippen LogP contribution in [0.5, 0.6) is 5.75 Å². The van der Waals surface area contributed by atoms with E-state index in [1.54, 1.807) is 0 Å². The quantitative estimate of drug-likeness (QED) is 0.927. The summed E-state index contributed by atoms with van der Waals surface area (Å²) in [6.45, 7) is 2.08. The van der Waals surface area contributed by atoms with Crippen LogP contribution < -0.4 is 10.1 Å². The molecule has 1 aliphatic rings. The summed E-state index contributed by atoms with van der Waals surface area (Å²) in [5.41, 5.74) is 2.61. The number of benzene rings is 2. The fraction of sp³-hybridized carbons (Fsp3) is 0.294. The predicted octanol–water partition coefficient (Wildman–Crippen LogP) is 3.93. The van der Waals surface area contributed by atoms with Crippen LogP contribution in [0.15, 0.2) is 42.5 Å². The number of hydrogen-bond donors (Lipinski definition) is 1. The van der Waals surface area contributed by atoms with Crippen molar-refractivity contribution in [3.63, 3.8) is 0 Å². The molecule has 0 radical (unpaired) electrons. The van der Waals surface area contributed by atoms with Crippen LogP contribution in [0, 0.1) is 0 Å². The summed E-state index contributed by atoms with van der Waals surface area (Å²) in [7, 11) is 0. The Morgan fingerprint density at radius 3 is 2.50 bits per heavy atom. The van der Waals surface area contributed by atoms with Gasteiger partial charge in [0.1, 0.15) is 12.4 Å². The normalized spacial score (nSPS) is 14.5. The van der Waals surface area contributed by atoms with Crippen molar-refractivity contribution in [1.82, 2.24) is 5.32 Å².